The minimum atomic E-state index is -4.37. The molecular formula is C17H12F3N3OS. The summed E-state index contributed by atoms with van der Waals surface area (Å²) in [4.78, 5) is 20.7. The van der Waals surface area contributed by atoms with Crippen molar-refractivity contribution in [3.8, 4) is 0 Å². The number of carbonyl (C=O) groups is 1. The predicted octanol–water partition coefficient (Wildman–Crippen LogP) is 4.40. The molecule has 3 aromatic rings. The average molecular weight is 363 g/mol. The van der Waals surface area contributed by atoms with Crippen LogP contribution in [-0.2, 0) is 12.6 Å². The van der Waals surface area contributed by atoms with E-state index in [1.807, 2.05) is 0 Å². The quantitative estimate of drug-likeness (QED) is 0.747. The number of rotatable bonds is 4. The first-order valence-electron chi connectivity index (χ1n) is 7.24. The monoisotopic (exact) mass is 363 g/mol. The van der Waals surface area contributed by atoms with Gasteiger partial charge in [0.2, 0.25) is 0 Å². The summed E-state index contributed by atoms with van der Waals surface area (Å²) in [5.41, 5.74) is 0.302. The summed E-state index contributed by atoms with van der Waals surface area (Å²) in [7, 11) is 0. The van der Waals surface area contributed by atoms with Crippen molar-refractivity contribution in [2.45, 2.75) is 12.6 Å². The van der Waals surface area contributed by atoms with Crippen LogP contribution in [0.4, 0.5) is 18.3 Å². The van der Waals surface area contributed by atoms with Gasteiger partial charge in [0.25, 0.3) is 5.91 Å². The molecule has 0 unspecified atom stereocenters. The fraction of sp³-hybridized carbons (Fsp3) is 0.118. The first-order valence-corrected chi connectivity index (χ1v) is 8.06. The third-order valence-electron chi connectivity index (χ3n) is 3.35. The second kappa shape index (κ2) is 7.02. The van der Waals surface area contributed by atoms with Gasteiger partial charge in [-0.2, -0.15) is 13.2 Å². The lowest BCUT2D eigenvalue weighted by molar-refractivity contribution is -0.137. The Labute approximate surface area is 145 Å². The minimum Gasteiger partial charge on any atom is -0.298 e. The van der Waals surface area contributed by atoms with Crippen molar-refractivity contribution in [1.29, 1.82) is 0 Å². The number of carbonyl (C=O) groups excluding carboxylic acids is 1. The molecule has 1 aromatic carbocycles. The van der Waals surface area contributed by atoms with E-state index in [1.54, 1.807) is 24.4 Å². The molecular weight excluding hydrogens is 351 g/mol. The Morgan fingerprint density at radius 3 is 2.64 bits per heavy atom. The maximum atomic E-state index is 12.8. The Morgan fingerprint density at radius 1 is 1.16 bits per heavy atom. The number of hydrogen-bond acceptors (Lipinski definition) is 4. The summed E-state index contributed by atoms with van der Waals surface area (Å²) < 4.78 is 38.3. The molecule has 0 saturated carbocycles. The number of halogens is 3. The average Bonchev–Trinajstić information content (AvgIpc) is 3.02. The number of nitrogens with zero attached hydrogens (tertiary/aromatic N) is 2. The van der Waals surface area contributed by atoms with Gasteiger partial charge in [-0.15, -0.1) is 11.3 Å². The number of thiazole rings is 1. The van der Waals surface area contributed by atoms with Gasteiger partial charge < -0.3 is 0 Å². The highest BCUT2D eigenvalue weighted by atomic mass is 32.1. The number of pyridine rings is 1. The number of benzene rings is 1. The highest BCUT2D eigenvalue weighted by Gasteiger charge is 2.30. The smallest absolute Gasteiger partial charge is 0.298 e. The van der Waals surface area contributed by atoms with Crippen molar-refractivity contribution < 1.29 is 18.0 Å². The summed E-state index contributed by atoms with van der Waals surface area (Å²) in [6, 6.07) is 8.32. The van der Waals surface area contributed by atoms with Gasteiger partial charge >= 0.3 is 6.18 Å². The zero-order chi connectivity index (χ0) is 17.9. The maximum Gasteiger partial charge on any atom is 0.416 e. The molecule has 1 amide bonds. The van der Waals surface area contributed by atoms with Gasteiger partial charge in [0.15, 0.2) is 5.13 Å². The van der Waals surface area contributed by atoms with Crippen LogP contribution in [0.15, 0.2) is 55.0 Å². The normalized spacial score (nSPS) is 11.3. The van der Waals surface area contributed by atoms with Gasteiger partial charge in [0.05, 0.1) is 5.56 Å². The largest absolute Gasteiger partial charge is 0.416 e. The molecule has 3 rings (SSSR count). The molecule has 0 aliphatic rings. The number of nitrogens with one attached hydrogen (secondary N) is 1. The number of amides is 1. The molecule has 0 fully saturated rings. The summed E-state index contributed by atoms with van der Waals surface area (Å²) >= 11 is 1.22. The van der Waals surface area contributed by atoms with Crippen LogP contribution in [0.2, 0.25) is 0 Å². The van der Waals surface area contributed by atoms with Crippen LogP contribution in [0, 0.1) is 0 Å². The van der Waals surface area contributed by atoms with Crippen molar-refractivity contribution in [2.75, 3.05) is 5.32 Å². The van der Waals surface area contributed by atoms with E-state index in [2.05, 4.69) is 15.3 Å². The highest BCUT2D eigenvalue weighted by molar-refractivity contribution is 7.15. The third kappa shape index (κ3) is 4.42. The number of aromatic nitrogens is 2. The van der Waals surface area contributed by atoms with E-state index >= 15 is 0 Å². The first-order chi connectivity index (χ1) is 11.9. The zero-order valence-corrected chi connectivity index (χ0v) is 13.6. The molecule has 0 aliphatic heterocycles. The van der Waals surface area contributed by atoms with Crippen molar-refractivity contribution in [3.63, 3.8) is 0 Å². The molecule has 0 atom stereocenters. The number of hydrogen-bond donors (Lipinski definition) is 1. The Kier molecular flexibility index (Phi) is 4.80. The molecule has 25 heavy (non-hydrogen) atoms. The molecule has 0 bridgehead atoms. The van der Waals surface area contributed by atoms with Crippen molar-refractivity contribution >= 4 is 22.4 Å². The number of anilines is 1. The van der Waals surface area contributed by atoms with Crippen LogP contribution in [-0.4, -0.2) is 15.9 Å². The van der Waals surface area contributed by atoms with E-state index in [4.69, 9.17) is 0 Å². The van der Waals surface area contributed by atoms with Crippen molar-refractivity contribution in [2.24, 2.45) is 0 Å². The van der Waals surface area contributed by atoms with Crippen LogP contribution in [0.1, 0.15) is 26.4 Å². The fourth-order valence-corrected chi connectivity index (χ4v) is 3.02. The molecule has 4 nitrogen and oxygen atoms in total. The summed E-state index contributed by atoms with van der Waals surface area (Å²) in [5.74, 6) is -0.317. The SMILES string of the molecule is O=C(Nc1ncc(Cc2cccc(C(F)(F)F)c2)s1)c1ccncc1. The summed E-state index contributed by atoms with van der Waals surface area (Å²) in [6.45, 7) is 0. The predicted molar refractivity (Wildman–Crippen MR) is 88.6 cm³/mol. The van der Waals surface area contributed by atoms with E-state index in [-0.39, 0.29) is 5.91 Å². The van der Waals surface area contributed by atoms with Gasteiger partial charge in [0.1, 0.15) is 0 Å². The second-order valence-electron chi connectivity index (χ2n) is 5.20. The fourth-order valence-electron chi connectivity index (χ4n) is 2.18. The summed E-state index contributed by atoms with van der Waals surface area (Å²) in [6.07, 6.45) is 0.513. The Hall–Kier alpha value is -2.74. The van der Waals surface area contributed by atoms with Crippen LogP contribution >= 0.6 is 11.3 Å². The second-order valence-corrected chi connectivity index (χ2v) is 6.31. The Bertz CT molecular complexity index is 878. The van der Waals surface area contributed by atoms with Gasteiger partial charge in [-0.1, -0.05) is 18.2 Å². The molecule has 1 N–H and O–H groups in total. The van der Waals surface area contributed by atoms with Crippen LogP contribution in [0.3, 0.4) is 0 Å². The van der Waals surface area contributed by atoms with Crippen LogP contribution in [0.5, 0.6) is 0 Å². The van der Waals surface area contributed by atoms with Crippen LogP contribution < -0.4 is 5.32 Å². The molecule has 2 heterocycles. The lowest BCUT2D eigenvalue weighted by atomic mass is 10.1. The highest BCUT2D eigenvalue weighted by Crippen LogP contribution is 2.30. The van der Waals surface area contributed by atoms with Gasteiger partial charge in [-0.3, -0.25) is 15.1 Å². The van der Waals surface area contributed by atoms with E-state index in [9.17, 15) is 18.0 Å². The topological polar surface area (TPSA) is 54.9 Å². The minimum absolute atomic E-state index is 0.312. The molecule has 0 saturated heterocycles. The molecule has 8 heteroatoms. The Balaban J connectivity index is 1.69. The zero-order valence-electron chi connectivity index (χ0n) is 12.7. The van der Waals surface area contributed by atoms with Crippen molar-refractivity contribution in [1.82, 2.24) is 9.97 Å². The van der Waals surface area contributed by atoms with Gasteiger partial charge in [-0.25, -0.2) is 4.98 Å². The Morgan fingerprint density at radius 2 is 1.92 bits per heavy atom. The van der Waals surface area contributed by atoms with E-state index in [0.29, 0.717) is 22.7 Å². The third-order valence-corrected chi connectivity index (χ3v) is 4.26. The van der Waals surface area contributed by atoms with E-state index in [1.165, 1.54) is 29.8 Å². The molecule has 128 valence electrons. The molecule has 2 aromatic heterocycles. The van der Waals surface area contributed by atoms with E-state index < -0.39 is 11.7 Å². The molecule has 0 radical (unpaired) electrons. The first kappa shape index (κ1) is 17.1. The van der Waals surface area contributed by atoms with E-state index in [0.717, 1.165) is 17.0 Å². The molecule has 0 spiro atoms. The lowest BCUT2D eigenvalue weighted by Gasteiger charge is -2.07. The van der Waals surface area contributed by atoms with Crippen molar-refractivity contribution in [3.05, 3.63) is 76.6 Å². The standard InChI is InChI=1S/C17H12F3N3OS/c18-17(19,20)13-3-1-2-11(8-13)9-14-10-22-16(25-14)23-15(24)12-4-6-21-7-5-12/h1-8,10H,9H2,(H,22,23,24). The van der Waals surface area contributed by atoms with Gasteiger partial charge in [0, 0.05) is 35.5 Å². The molecule has 0 aliphatic carbocycles. The van der Waals surface area contributed by atoms with Gasteiger partial charge in [-0.05, 0) is 23.8 Å². The lowest BCUT2D eigenvalue weighted by Crippen LogP contribution is -2.11. The number of alkyl halides is 3. The maximum absolute atomic E-state index is 12.8. The van der Waals surface area contributed by atoms with Crippen LogP contribution in [0.25, 0.3) is 0 Å². The summed E-state index contributed by atoms with van der Waals surface area (Å²) in [5, 5.41) is 3.05.